The van der Waals surface area contributed by atoms with Gasteiger partial charge in [0.25, 0.3) is 0 Å². The van der Waals surface area contributed by atoms with E-state index < -0.39 is 0 Å². The van der Waals surface area contributed by atoms with E-state index >= 15 is 0 Å². The predicted molar refractivity (Wildman–Crippen MR) is 84.8 cm³/mol. The van der Waals surface area contributed by atoms with Gasteiger partial charge in [-0.2, -0.15) is 0 Å². The van der Waals surface area contributed by atoms with E-state index in [0.717, 1.165) is 22.2 Å². The second-order valence-corrected chi connectivity index (χ2v) is 5.24. The van der Waals surface area contributed by atoms with Gasteiger partial charge in [-0.3, -0.25) is 0 Å². The van der Waals surface area contributed by atoms with Crippen LogP contribution >= 0.6 is 15.9 Å². The Morgan fingerprint density at radius 1 is 0.950 bits per heavy atom. The molecule has 0 bridgehead atoms. The molecule has 0 heterocycles. The second-order valence-electron chi connectivity index (χ2n) is 4.38. The van der Waals surface area contributed by atoms with Crippen LogP contribution in [-0.2, 0) is 11.3 Å². The van der Waals surface area contributed by atoms with E-state index in [1.54, 1.807) is 0 Å². The molecule has 0 radical (unpaired) electrons. The molecule has 0 spiro atoms. The molecule has 2 aromatic carbocycles. The Balaban J connectivity index is 1.63. The lowest BCUT2D eigenvalue weighted by Gasteiger charge is -2.09. The number of nitrogen functional groups attached to an aromatic ring is 1. The Kier molecular flexibility index (Phi) is 5.89. The van der Waals surface area contributed by atoms with Crippen LogP contribution in [0.25, 0.3) is 0 Å². The highest BCUT2D eigenvalue weighted by Crippen LogP contribution is 2.20. The number of rotatable bonds is 7. The Morgan fingerprint density at radius 2 is 1.70 bits per heavy atom. The summed E-state index contributed by atoms with van der Waals surface area (Å²) in [5, 5.41) is 0. The summed E-state index contributed by atoms with van der Waals surface area (Å²) in [6.45, 7) is 1.87. The number of anilines is 1. The Bertz CT molecular complexity index is 496. The SMILES string of the molecule is Nc1ccccc1OCCCOCc1ccccc1Br. The molecule has 0 amide bonds. The molecule has 4 heteroatoms. The maximum atomic E-state index is 5.79. The largest absolute Gasteiger partial charge is 0.491 e. The first kappa shape index (κ1) is 14.9. The normalized spacial score (nSPS) is 10.4. The maximum absolute atomic E-state index is 5.79. The van der Waals surface area contributed by atoms with Crippen molar-refractivity contribution in [2.45, 2.75) is 13.0 Å². The summed E-state index contributed by atoms with van der Waals surface area (Å²) >= 11 is 3.50. The van der Waals surface area contributed by atoms with Gasteiger partial charge < -0.3 is 15.2 Å². The zero-order chi connectivity index (χ0) is 14.2. The number of benzene rings is 2. The van der Waals surface area contributed by atoms with Gasteiger partial charge in [0.1, 0.15) is 5.75 Å². The van der Waals surface area contributed by atoms with Gasteiger partial charge in [-0.15, -0.1) is 0 Å². The molecule has 106 valence electrons. The van der Waals surface area contributed by atoms with E-state index in [1.165, 1.54) is 0 Å². The monoisotopic (exact) mass is 335 g/mol. The molecule has 2 aromatic rings. The standard InChI is InChI=1S/C16H18BrNO2/c17-14-7-2-1-6-13(14)12-19-10-5-11-20-16-9-4-3-8-15(16)18/h1-4,6-9H,5,10-12,18H2. The average molecular weight is 336 g/mol. The van der Waals surface area contributed by atoms with Crippen LogP contribution in [0.1, 0.15) is 12.0 Å². The minimum absolute atomic E-state index is 0.601. The molecule has 0 atom stereocenters. The van der Waals surface area contributed by atoms with E-state index in [2.05, 4.69) is 15.9 Å². The van der Waals surface area contributed by atoms with Crippen LogP contribution in [-0.4, -0.2) is 13.2 Å². The summed E-state index contributed by atoms with van der Waals surface area (Å²) in [5.41, 5.74) is 7.61. The van der Waals surface area contributed by atoms with Crippen molar-refractivity contribution >= 4 is 21.6 Å². The van der Waals surface area contributed by atoms with Gasteiger partial charge in [0.15, 0.2) is 0 Å². The summed E-state index contributed by atoms with van der Waals surface area (Å²) in [4.78, 5) is 0. The van der Waals surface area contributed by atoms with E-state index in [9.17, 15) is 0 Å². The van der Waals surface area contributed by atoms with Crippen LogP contribution in [0, 0.1) is 0 Å². The summed E-state index contributed by atoms with van der Waals surface area (Å²) in [6, 6.07) is 15.6. The Morgan fingerprint density at radius 3 is 2.50 bits per heavy atom. The predicted octanol–water partition coefficient (Wildman–Crippen LogP) is 4.02. The van der Waals surface area contributed by atoms with Gasteiger partial charge in [-0.1, -0.05) is 46.3 Å². The number of nitrogens with two attached hydrogens (primary N) is 1. The Labute approximate surface area is 127 Å². The van der Waals surface area contributed by atoms with Crippen LogP contribution in [0.2, 0.25) is 0 Å². The van der Waals surface area contributed by atoms with Gasteiger partial charge in [0, 0.05) is 10.9 Å². The molecule has 0 aromatic heterocycles. The van der Waals surface area contributed by atoms with E-state index in [1.807, 2.05) is 48.5 Å². The van der Waals surface area contributed by atoms with Crippen molar-refractivity contribution in [3.05, 3.63) is 58.6 Å². The molecule has 0 aliphatic rings. The van der Waals surface area contributed by atoms with Crippen molar-refractivity contribution in [3.8, 4) is 5.75 Å². The maximum Gasteiger partial charge on any atom is 0.142 e. The van der Waals surface area contributed by atoms with E-state index in [4.69, 9.17) is 15.2 Å². The Hall–Kier alpha value is -1.52. The van der Waals surface area contributed by atoms with Gasteiger partial charge in [0.2, 0.25) is 0 Å². The van der Waals surface area contributed by atoms with Crippen LogP contribution in [0.4, 0.5) is 5.69 Å². The zero-order valence-electron chi connectivity index (χ0n) is 11.2. The lowest BCUT2D eigenvalue weighted by atomic mass is 10.2. The fourth-order valence-corrected chi connectivity index (χ4v) is 2.15. The fourth-order valence-electron chi connectivity index (χ4n) is 1.75. The van der Waals surface area contributed by atoms with Gasteiger partial charge >= 0.3 is 0 Å². The fraction of sp³-hybridized carbons (Fsp3) is 0.250. The van der Waals surface area contributed by atoms with Crippen molar-refractivity contribution in [2.75, 3.05) is 18.9 Å². The van der Waals surface area contributed by atoms with Gasteiger partial charge in [-0.05, 0) is 23.8 Å². The zero-order valence-corrected chi connectivity index (χ0v) is 12.8. The third-order valence-electron chi connectivity index (χ3n) is 2.82. The quantitative estimate of drug-likeness (QED) is 0.614. The summed E-state index contributed by atoms with van der Waals surface area (Å²) in [6.07, 6.45) is 0.832. The van der Waals surface area contributed by atoms with Gasteiger partial charge in [0.05, 0.1) is 25.5 Å². The number of hydrogen-bond donors (Lipinski definition) is 1. The number of para-hydroxylation sites is 2. The third-order valence-corrected chi connectivity index (χ3v) is 3.60. The van der Waals surface area contributed by atoms with E-state index in [-0.39, 0.29) is 0 Å². The van der Waals surface area contributed by atoms with Crippen molar-refractivity contribution in [2.24, 2.45) is 0 Å². The number of hydrogen-bond acceptors (Lipinski definition) is 3. The minimum atomic E-state index is 0.601. The highest BCUT2D eigenvalue weighted by Gasteiger charge is 2.00. The first-order valence-electron chi connectivity index (χ1n) is 6.56. The summed E-state index contributed by atoms with van der Waals surface area (Å²) < 4.78 is 12.3. The van der Waals surface area contributed by atoms with Crippen molar-refractivity contribution in [1.29, 1.82) is 0 Å². The number of halogens is 1. The van der Waals surface area contributed by atoms with Crippen molar-refractivity contribution in [3.63, 3.8) is 0 Å². The first-order valence-corrected chi connectivity index (χ1v) is 7.35. The lowest BCUT2D eigenvalue weighted by Crippen LogP contribution is -2.04. The summed E-state index contributed by atoms with van der Waals surface area (Å²) in [5.74, 6) is 0.735. The molecule has 20 heavy (non-hydrogen) atoms. The molecule has 0 unspecified atom stereocenters. The van der Waals surface area contributed by atoms with Crippen LogP contribution in [0.5, 0.6) is 5.75 Å². The average Bonchev–Trinajstić information content (AvgIpc) is 2.46. The molecule has 0 aliphatic carbocycles. The van der Waals surface area contributed by atoms with Crippen molar-refractivity contribution < 1.29 is 9.47 Å². The first-order chi connectivity index (χ1) is 9.77. The molecule has 0 saturated heterocycles. The number of ether oxygens (including phenoxy) is 2. The van der Waals surface area contributed by atoms with Gasteiger partial charge in [-0.25, -0.2) is 0 Å². The molecular formula is C16H18BrNO2. The smallest absolute Gasteiger partial charge is 0.142 e. The molecule has 0 aliphatic heterocycles. The van der Waals surface area contributed by atoms with E-state index in [0.29, 0.717) is 25.5 Å². The molecular weight excluding hydrogens is 318 g/mol. The summed E-state index contributed by atoms with van der Waals surface area (Å²) in [7, 11) is 0. The van der Waals surface area contributed by atoms with Crippen LogP contribution in [0.3, 0.4) is 0 Å². The highest BCUT2D eigenvalue weighted by atomic mass is 79.9. The lowest BCUT2D eigenvalue weighted by molar-refractivity contribution is 0.107. The molecule has 2 N–H and O–H groups in total. The third kappa shape index (κ3) is 4.54. The molecule has 0 fully saturated rings. The second kappa shape index (κ2) is 7.92. The topological polar surface area (TPSA) is 44.5 Å². The van der Waals surface area contributed by atoms with Crippen LogP contribution < -0.4 is 10.5 Å². The highest BCUT2D eigenvalue weighted by molar-refractivity contribution is 9.10. The van der Waals surface area contributed by atoms with Crippen molar-refractivity contribution in [1.82, 2.24) is 0 Å². The molecule has 2 rings (SSSR count). The minimum Gasteiger partial charge on any atom is -0.491 e. The van der Waals surface area contributed by atoms with Crippen LogP contribution in [0.15, 0.2) is 53.0 Å². The molecule has 0 saturated carbocycles. The molecule has 3 nitrogen and oxygen atoms in total.